The predicted molar refractivity (Wildman–Crippen MR) is 92.5 cm³/mol. The number of unbranched alkanes of at least 4 members (excludes halogenated alkanes) is 4. The molecule has 0 spiro atoms. The van der Waals surface area contributed by atoms with Gasteiger partial charge in [-0.15, -0.1) is 0 Å². The first-order valence-corrected chi connectivity index (χ1v) is 8.49. The number of nitrogens with one attached hydrogen (secondary N) is 2. The van der Waals surface area contributed by atoms with Gasteiger partial charge in [-0.05, 0) is 31.5 Å². The van der Waals surface area contributed by atoms with Crippen molar-refractivity contribution < 1.29 is 9.53 Å². The lowest BCUT2D eigenvalue weighted by Crippen LogP contribution is -2.28. The van der Waals surface area contributed by atoms with Gasteiger partial charge in [-0.25, -0.2) is 0 Å². The SMILES string of the molecule is CCCCCCOc1cccc(NC(=O)CNCCCC)c1. The number of hydrogen-bond donors (Lipinski definition) is 2. The molecule has 124 valence electrons. The van der Waals surface area contributed by atoms with E-state index >= 15 is 0 Å². The first-order chi connectivity index (χ1) is 10.8. The standard InChI is InChI=1S/C18H30N2O2/c1-3-5-7-8-13-22-17-11-9-10-16(14-17)20-18(21)15-19-12-6-4-2/h9-11,14,19H,3-8,12-13,15H2,1-2H3,(H,20,21). The third kappa shape index (κ3) is 8.67. The van der Waals surface area contributed by atoms with Gasteiger partial charge in [-0.2, -0.15) is 0 Å². The van der Waals surface area contributed by atoms with E-state index < -0.39 is 0 Å². The highest BCUT2D eigenvalue weighted by Crippen LogP contribution is 2.17. The second-order valence-corrected chi connectivity index (χ2v) is 5.52. The summed E-state index contributed by atoms with van der Waals surface area (Å²) >= 11 is 0. The summed E-state index contributed by atoms with van der Waals surface area (Å²) in [7, 11) is 0. The monoisotopic (exact) mass is 306 g/mol. The van der Waals surface area contributed by atoms with Crippen molar-refractivity contribution in [2.24, 2.45) is 0 Å². The molecule has 0 unspecified atom stereocenters. The fourth-order valence-corrected chi connectivity index (χ4v) is 2.09. The van der Waals surface area contributed by atoms with E-state index in [1.165, 1.54) is 19.3 Å². The van der Waals surface area contributed by atoms with Crippen molar-refractivity contribution in [1.29, 1.82) is 0 Å². The van der Waals surface area contributed by atoms with E-state index in [1.807, 2.05) is 24.3 Å². The summed E-state index contributed by atoms with van der Waals surface area (Å²) in [5, 5.41) is 6.02. The molecule has 0 aliphatic heterocycles. The van der Waals surface area contributed by atoms with Crippen LogP contribution in [-0.4, -0.2) is 25.6 Å². The molecule has 1 aromatic rings. The highest BCUT2D eigenvalue weighted by Gasteiger charge is 2.03. The van der Waals surface area contributed by atoms with Gasteiger partial charge in [-0.3, -0.25) is 4.79 Å². The largest absolute Gasteiger partial charge is 0.494 e. The van der Waals surface area contributed by atoms with E-state index in [2.05, 4.69) is 24.5 Å². The van der Waals surface area contributed by atoms with E-state index in [9.17, 15) is 4.79 Å². The molecule has 0 fully saturated rings. The average molecular weight is 306 g/mol. The molecule has 0 saturated carbocycles. The smallest absolute Gasteiger partial charge is 0.238 e. The van der Waals surface area contributed by atoms with Gasteiger partial charge in [0, 0.05) is 11.8 Å². The average Bonchev–Trinajstić information content (AvgIpc) is 2.52. The van der Waals surface area contributed by atoms with Crippen LogP contribution in [0.25, 0.3) is 0 Å². The maximum Gasteiger partial charge on any atom is 0.238 e. The van der Waals surface area contributed by atoms with Gasteiger partial charge in [-0.1, -0.05) is 45.6 Å². The van der Waals surface area contributed by atoms with Gasteiger partial charge in [0.15, 0.2) is 0 Å². The zero-order chi connectivity index (χ0) is 16.0. The molecule has 1 rings (SSSR count). The molecule has 0 bridgehead atoms. The maximum absolute atomic E-state index is 11.8. The van der Waals surface area contributed by atoms with Crippen molar-refractivity contribution in [3.8, 4) is 5.75 Å². The van der Waals surface area contributed by atoms with Gasteiger partial charge in [0.2, 0.25) is 5.91 Å². The number of rotatable bonds is 12. The molecular formula is C18H30N2O2. The summed E-state index contributed by atoms with van der Waals surface area (Å²) in [6.45, 7) is 6.29. The van der Waals surface area contributed by atoms with E-state index in [0.717, 1.165) is 43.9 Å². The number of ether oxygens (including phenoxy) is 1. The minimum atomic E-state index is -0.0174. The van der Waals surface area contributed by atoms with Crippen molar-refractivity contribution >= 4 is 11.6 Å². The molecule has 2 N–H and O–H groups in total. The summed E-state index contributed by atoms with van der Waals surface area (Å²) < 4.78 is 5.72. The highest BCUT2D eigenvalue weighted by atomic mass is 16.5. The summed E-state index contributed by atoms with van der Waals surface area (Å²) in [6, 6.07) is 7.59. The van der Waals surface area contributed by atoms with Gasteiger partial charge in [0.05, 0.1) is 13.2 Å². The lowest BCUT2D eigenvalue weighted by Gasteiger charge is -2.09. The predicted octanol–water partition coefficient (Wildman–Crippen LogP) is 3.97. The molecule has 0 aromatic heterocycles. The zero-order valence-electron chi connectivity index (χ0n) is 14.0. The van der Waals surface area contributed by atoms with Gasteiger partial charge in [0.1, 0.15) is 5.75 Å². The molecule has 22 heavy (non-hydrogen) atoms. The van der Waals surface area contributed by atoms with Gasteiger partial charge >= 0.3 is 0 Å². The molecule has 4 heteroatoms. The molecular weight excluding hydrogens is 276 g/mol. The Morgan fingerprint density at radius 3 is 2.68 bits per heavy atom. The van der Waals surface area contributed by atoms with Gasteiger partial charge < -0.3 is 15.4 Å². The normalized spacial score (nSPS) is 10.5. The Labute approximate surface area is 134 Å². The van der Waals surface area contributed by atoms with Gasteiger partial charge in [0.25, 0.3) is 0 Å². The van der Waals surface area contributed by atoms with E-state index in [4.69, 9.17) is 4.74 Å². The lowest BCUT2D eigenvalue weighted by atomic mass is 10.2. The molecule has 0 radical (unpaired) electrons. The summed E-state index contributed by atoms with van der Waals surface area (Å²) in [5.41, 5.74) is 0.786. The molecule has 1 amide bonds. The molecule has 0 aliphatic rings. The van der Waals surface area contributed by atoms with Crippen LogP contribution in [0.3, 0.4) is 0 Å². The third-order valence-corrected chi connectivity index (χ3v) is 3.38. The van der Waals surface area contributed by atoms with E-state index in [0.29, 0.717) is 6.54 Å². The van der Waals surface area contributed by atoms with Crippen LogP contribution >= 0.6 is 0 Å². The van der Waals surface area contributed by atoms with E-state index in [1.54, 1.807) is 0 Å². The first kappa shape index (κ1) is 18.5. The number of hydrogen-bond acceptors (Lipinski definition) is 3. The maximum atomic E-state index is 11.8. The second-order valence-electron chi connectivity index (χ2n) is 5.52. The number of benzene rings is 1. The van der Waals surface area contributed by atoms with E-state index in [-0.39, 0.29) is 5.91 Å². The van der Waals surface area contributed by atoms with Crippen LogP contribution in [0.1, 0.15) is 52.4 Å². The van der Waals surface area contributed by atoms with Crippen LogP contribution in [-0.2, 0) is 4.79 Å². The molecule has 4 nitrogen and oxygen atoms in total. The Bertz CT molecular complexity index is 421. The number of amides is 1. The van der Waals surface area contributed by atoms with Crippen molar-refractivity contribution in [3.05, 3.63) is 24.3 Å². The number of carbonyl (C=O) groups excluding carboxylic acids is 1. The minimum absolute atomic E-state index is 0.0174. The summed E-state index contributed by atoms with van der Waals surface area (Å²) in [6.07, 6.45) is 6.99. The van der Waals surface area contributed by atoms with Crippen molar-refractivity contribution in [1.82, 2.24) is 5.32 Å². The van der Waals surface area contributed by atoms with Crippen LogP contribution in [0, 0.1) is 0 Å². The van der Waals surface area contributed by atoms with Crippen LogP contribution < -0.4 is 15.4 Å². The minimum Gasteiger partial charge on any atom is -0.494 e. The highest BCUT2D eigenvalue weighted by molar-refractivity contribution is 5.92. The van der Waals surface area contributed by atoms with Crippen molar-refractivity contribution in [3.63, 3.8) is 0 Å². The lowest BCUT2D eigenvalue weighted by molar-refractivity contribution is -0.115. The first-order valence-electron chi connectivity index (χ1n) is 8.49. The number of carbonyl (C=O) groups is 1. The Morgan fingerprint density at radius 1 is 1.09 bits per heavy atom. The third-order valence-electron chi connectivity index (χ3n) is 3.38. The second kappa shape index (κ2) is 12.0. The molecule has 0 atom stereocenters. The summed E-state index contributed by atoms with van der Waals surface area (Å²) in [5.74, 6) is 0.796. The fourth-order valence-electron chi connectivity index (χ4n) is 2.09. The van der Waals surface area contributed by atoms with Crippen molar-refractivity contribution in [2.75, 3.05) is 25.0 Å². The van der Waals surface area contributed by atoms with Crippen LogP contribution in [0.2, 0.25) is 0 Å². The molecule has 0 aliphatic carbocycles. The van der Waals surface area contributed by atoms with Crippen LogP contribution in [0.5, 0.6) is 5.75 Å². The topological polar surface area (TPSA) is 50.4 Å². The molecule has 0 saturated heterocycles. The molecule has 0 heterocycles. The Balaban J connectivity index is 2.29. The zero-order valence-corrected chi connectivity index (χ0v) is 14.0. The number of anilines is 1. The molecule has 1 aromatic carbocycles. The summed E-state index contributed by atoms with van der Waals surface area (Å²) in [4.78, 5) is 11.8. The Kier molecular flexibility index (Phi) is 10.1. The Hall–Kier alpha value is -1.55. The van der Waals surface area contributed by atoms with Crippen molar-refractivity contribution in [2.45, 2.75) is 52.4 Å². The Morgan fingerprint density at radius 2 is 1.91 bits per heavy atom. The van der Waals surface area contributed by atoms with Crippen LogP contribution in [0.4, 0.5) is 5.69 Å². The van der Waals surface area contributed by atoms with Crippen LogP contribution in [0.15, 0.2) is 24.3 Å². The fraction of sp³-hybridized carbons (Fsp3) is 0.611. The quantitative estimate of drug-likeness (QED) is 0.574.